The van der Waals surface area contributed by atoms with Gasteiger partial charge in [-0.1, -0.05) is 68.2 Å². The molecular weight excluding hydrogens is 614 g/mol. The van der Waals surface area contributed by atoms with Crippen molar-refractivity contribution in [1.29, 1.82) is 0 Å². The molecule has 11 heteroatoms. The second-order valence-electron chi connectivity index (χ2n) is 13.2. The standard InChI is InChI=1S/C36H47N3O7Si/c1-47(2,3)21-20-43-25-35(29-12-15-32-33(22-29)38-26-37-32)45-34-23-39(46-36(40)41)17-16-31(34)28-10-13-30(14-11-28)44-19-7-18-42-24-27-8-5-4-6-9-27/h4-6,8-15,22,26,31,34-35H,7,16-21,23-25H2,1-3H3,(H,37,38)(H,40,41). The lowest BCUT2D eigenvalue weighted by Gasteiger charge is -2.38. The van der Waals surface area contributed by atoms with E-state index in [2.05, 4.69) is 53.9 Å². The minimum Gasteiger partial charge on any atom is -0.494 e. The normalized spacial score (nSPS) is 17.9. The van der Waals surface area contributed by atoms with Gasteiger partial charge in [0.25, 0.3) is 0 Å². The number of rotatable bonds is 17. The summed E-state index contributed by atoms with van der Waals surface area (Å²) in [6.07, 6.45) is 1.08. The van der Waals surface area contributed by atoms with Crippen molar-refractivity contribution in [2.24, 2.45) is 0 Å². The first-order valence-electron chi connectivity index (χ1n) is 16.4. The SMILES string of the molecule is C[Si](C)(C)CCOCC(OC1CN(OC(=O)O)CCC1c1ccc(OCCCOCc2ccccc2)cc1)c1ccc2[nH]cnc2c1. The fourth-order valence-corrected chi connectivity index (χ4v) is 6.43. The number of hydroxylamine groups is 2. The zero-order valence-corrected chi connectivity index (χ0v) is 28.6. The van der Waals surface area contributed by atoms with Crippen molar-refractivity contribution in [3.63, 3.8) is 0 Å². The van der Waals surface area contributed by atoms with Crippen molar-refractivity contribution in [3.8, 4) is 5.75 Å². The number of piperidine rings is 1. The minimum absolute atomic E-state index is 0.0164. The number of ether oxygens (including phenoxy) is 4. The number of hydrogen-bond donors (Lipinski definition) is 2. The number of aromatic nitrogens is 2. The molecule has 10 nitrogen and oxygen atoms in total. The Bertz CT molecular complexity index is 1530. The van der Waals surface area contributed by atoms with E-state index < -0.39 is 14.2 Å². The highest BCUT2D eigenvalue weighted by atomic mass is 28.3. The number of nitrogens with zero attached hydrogens (tertiary/aromatic N) is 2. The van der Waals surface area contributed by atoms with Gasteiger partial charge in [0.05, 0.1) is 56.4 Å². The molecule has 2 N–H and O–H groups in total. The molecule has 1 aliphatic rings. The largest absolute Gasteiger partial charge is 0.525 e. The van der Waals surface area contributed by atoms with E-state index in [-0.39, 0.29) is 18.1 Å². The molecule has 0 saturated carbocycles. The van der Waals surface area contributed by atoms with E-state index in [4.69, 9.17) is 23.8 Å². The summed E-state index contributed by atoms with van der Waals surface area (Å²) in [5.74, 6) is 0.810. The Morgan fingerprint density at radius 3 is 2.60 bits per heavy atom. The van der Waals surface area contributed by atoms with Gasteiger partial charge in [-0.25, -0.2) is 9.78 Å². The van der Waals surface area contributed by atoms with Crippen LogP contribution in [0.1, 0.15) is 41.6 Å². The maximum Gasteiger partial charge on any atom is 0.525 e. The first-order valence-corrected chi connectivity index (χ1v) is 20.1. The van der Waals surface area contributed by atoms with Crippen LogP contribution in [0, 0.1) is 0 Å². The lowest BCUT2D eigenvalue weighted by Crippen LogP contribution is -2.45. The van der Waals surface area contributed by atoms with Crippen molar-refractivity contribution >= 4 is 25.3 Å². The highest BCUT2D eigenvalue weighted by Gasteiger charge is 2.35. The molecule has 0 aliphatic carbocycles. The van der Waals surface area contributed by atoms with Gasteiger partial charge < -0.3 is 33.9 Å². The molecule has 1 aromatic heterocycles. The molecule has 47 heavy (non-hydrogen) atoms. The summed E-state index contributed by atoms with van der Waals surface area (Å²) in [6.45, 7) is 10.6. The van der Waals surface area contributed by atoms with Gasteiger partial charge in [0.15, 0.2) is 0 Å². The molecule has 1 aliphatic heterocycles. The van der Waals surface area contributed by atoms with Gasteiger partial charge in [0, 0.05) is 33.6 Å². The van der Waals surface area contributed by atoms with Gasteiger partial charge in [-0.15, -0.1) is 5.06 Å². The Hall–Kier alpha value is -3.74. The van der Waals surface area contributed by atoms with Crippen LogP contribution in [0.25, 0.3) is 11.0 Å². The number of hydrogen-bond acceptors (Lipinski definition) is 8. The molecule has 3 aromatic carbocycles. The minimum atomic E-state index is -1.33. The fourth-order valence-electron chi connectivity index (χ4n) is 5.67. The third-order valence-electron chi connectivity index (χ3n) is 8.27. The van der Waals surface area contributed by atoms with Crippen molar-refractivity contribution in [3.05, 3.63) is 95.8 Å². The quantitative estimate of drug-likeness (QED) is 0.0881. The first-order chi connectivity index (χ1) is 22.7. The summed E-state index contributed by atoms with van der Waals surface area (Å²) in [5.41, 5.74) is 5.03. The van der Waals surface area contributed by atoms with Gasteiger partial charge >= 0.3 is 6.16 Å². The van der Waals surface area contributed by atoms with E-state index in [0.29, 0.717) is 52.5 Å². The lowest BCUT2D eigenvalue weighted by atomic mass is 9.87. The highest BCUT2D eigenvalue weighted by Crippen LogP contribution is 2.35. The third-order valence-corrected chi connectivity index (χ3v) is 9.98. The maximum absolute atomic E-state index is 11.4. The first kappa shape index (κ1) is 34.6. The van der Waals surface area contributed by atoms with Crippen LogP contribution in [0.5, 0.6) is 5.75 Å². The summed E-state index contributed by atoms with van der Waals surface area (Å²) in [5, 5.41) is 10.8. The molecule has 0 spiro atoms. The van der Waals surface area contributed by atoms with E-state index in [0.717, 1.165) is 45.9 Å². The Labute approximate surface area is 277 Å². The zero-order chi connectivity index (χ0) is 33.1. The smallest absolute Gasteiger partial charge is 0.494 e. The van der Waals surface area contributed by atoms with Crippen LogP contribution in [0.3, 0.4) is 0 Å². The average molecular weight is 662 g/mol. The Balaban J connectivity index is 1.24. The van der Waals surface area contributed by atoms with Crippen LogP contribution < -0.4 is 4.74 Å². The van der Waals surface area contributed by atoms with Gasteiger partial charge in [0.2, 0.25) is 0 Å². The van der Waals surface area contributed by atoms with Crippen molar-refractivity contribution < 1.29 is 33.7 Å². The number of carboxylic acid groups (broad SMARTS) is 1. The zero-order valence-electron chi connectivity index (χ0n) is 27.6. The molecule has 2 heterocycles. The molecule has 5 rings (SSSR count). The molecule has 0 radical (unpaired) electrons. The van der Waals surface area contributed by atoms with E-state index in [9.17, 15) is 9.90 Å². The molecule has 252 valence electrons. The topological polar surface area (TPSA) is 115 Å². The summed E-state index contributed by atoms with van der Waals surface area (Å²) >= 11 is 0. The number of nitrogens with one attached hydrogen (secondary N) is 1. The van der Waals surface area contributed by atoms with Crippen LogP contribution in [0.4, 0.5) is 4.79 Å². The van der Waals surface area contributed by atoms with Gasteiger partial charge in [-0.2, -0.15) is 0 Å². The Morgan fingerprint density at radius 2 is 1.83 bits per heavy atom. The molecule has 3 atom stereocenters. The summed E-state index contributed by atoms with van der Waals surface area (Å²) in [4.78, 5) is 24.1. The molecule has 3 unspecified atom stereocenters. The fraction of sp³-hybridized carbons (Fsp3) is 0.444. The number of fused-ring (bicyclic) bond motifs is 1. The van der Waals surface area contributed by atoms with Gasteiger partial charge in [-0.05, 0) is 53.4 Å². The van der Waals surface area contributed by atoms with E-state index in [1.165, 1.54) is 5.06 Å². The van der Waals surface area contributed by atoms with Crippen molar-refractivity contribution in [1.82, 2.24) is 15.0 Å². The number of benzene rings is 3. The summed E-state index contributed by atoms with van der Waals surface area (Å²) < 4.78 is 24.8. The number of carbonyl (C=O) groups is 1. The summed E-state index contributed by atoms with van der Waals surface area (Å²) in [6, 6.07) is 25.4. The number of imidazole rings is 1. The lowest BCUT2D eigenvalue weighted by molar-refractivity contribution is -0.178. The average Bonchev–Trinajstić information content (AvgIpc) is 3.53. The second kappa shape index (κ2) is 16.9. The highest BCUT2D eigenvalue weighted by molar-refractivity contribution is 6.76. The van der Waals surface area contributed by atoms with Crippen LogP contribution in [0.2, 0.25) is 25.7 Å². The number of aromatic amines is 1. The second-order valence-corrected chi connectivity index (χ2v) is 18.8. The molecule has 0 bridgehead atoms. The summed E-state index contributed by atoms with van der Waals surface area (Å²) in [7, 11) is -1.27. The maximum atomic E-state index is 11.4. The Morgan fingerprint density at radius 1 is 1.02 bits per heavy atom. The van der Waals surface area contributed by atoms with E-state index >= 15 is 0 Å². The molecule has 0 amide bonds. The van der Waals surface area contributed by atoms with E-state index in [1.54, 1.807) is 6.33 Å². The van der Waals surface area contributed by atoms with Crippen LogP contribution in [0.15, 0.2) is 79.1 Å². The molecule has 1 saturated heterocycles. The molecule has 1 fully saturated rings. The van der Waals surface area contributed by atoms with Gasteiger partial charge in [-0.3, -0.25) is 0 Å². The van der Waals surface area contributed by atoms with Crippen LogP contribution in [-0.4, -0.2) is 80.0 Å². The molecular formula is C36H47N3O7Si. The predicted octanol–water partition coefficient (Wildman–Crippen LogP) is 7.43. The molecule has 4 aromatic rings. The Kier molecular flexibility index (Phi) is 12.4. The third kappa shape index (κ3) is 10.9. The van der Waals surface area contributed by atoms with E-state index in [1.807, 2.05) is 48.5 Å². The van der Waals surface area contributed by atoms with Gasteiger partial charge in [0.1, 0.15) is 11.9 Å². The predicted molar refractivity (Wildman–Crippen MR) is 183 cm³/mol. The van der Waals surface area contributed by atoms with Crippen LogP contribution >= 0.6 is 0 Å². The van der Waals surface area contributed by atoms with Crippen LogP contribution in [-0.2, 0) is 25.7 Å². The number of H-pyrrole nitrogens is 1. The monoisotopic (exact) mass is 661 g/mol. The van der Waals surface area contributed by atoms with Crippen molar-refractivity contribution in [2.45, 2.75) is 63.3 Å². The van der Waals surface area contributed by atoms with Crippen molar-refractivity contribution in [2.75, 3.05) is 39.5 Å².